The molecule has 1 aromatic rings. The molecular formula is C12H14F3N. The number of nitrogen functional groups attached to an aromatic ring is 1. The largest absolute Gasteiger partial charge is 0.416 e. The molecule has 0 heterocycles. The Bertz CT molecular complexity index is 405. The molecule has 0 aromatic heterocycles. The average molecular weight is 229 g/mol. The van der Waals surface area contributed by atoms with Crippen LogP contribution in [-0.4, -0.2) is 0 Å². The van der Waals surface area contributed by atoms with Crippen LogP contribution in [0.2, 0.25) is 0 Å². The first-order chi connectivity index (χ1) is 7.40. The zero-order chi connectivity index (χ0) is 12.3. The smallest absolute Gasteiger partial charge is 0.398 e. The van der Waals surface area contributed by atoms with E-state index in [9.17, 15) is 13.2 Å². The third-order valence-electron chi connectivity index (χ3n) is 2.46. The van der Waals surface area contributed by atoms with Crippen LogP contribution in [0.15, 0.2) is 24.3 Å². The van der Waals surface area contributed by atoms with Gasteiger partial charge in [0.15, 0.2) is 0 Å². The van der Waals surface area contributed by atoms with E-state index < -0.39 is 11.7 Å². The van der Waals surface area contributed by atoms with Crippen LogP contribution in [-0.2, 0) is 6.18 Å². The second-order valence-electron chi connectivity index (χ2n) is 3.47. The summed E-state index contributed by atoms with van der Waals surface area (Å²) in [7, 11) is 0. The van der Waals surface area contributed by atoms with E-state index in [4.69, 9.17) is 5.73 Å². The molecule has 1 aromatic carbocycles. The molecule has 0 radical (unpaired) electrons. The van der Waals surface area contributed by atoms with Crippen LogP contribution in [0.4, 0.5) is 18.9 Å². The van der Waals surface area contributed by atoms with Gasteiger partial charge in [0, 0.05) is 11.3 Å². The molecule has 2 N–H and O–H groups in total. The van der Waals surface area contributed by atoms with Gasteiger partial charge in [-0.15, -0.1) is 0 Å². The highest BCUT2D eigenvalue weighted by Crippen LogP contribution is 2.33. The van der Waals surface area contributed by atoms with Gasteiger partial charge in [-0.1, -0.05) is 13.0 Å². The van der Waals surface area contributed by atoms with E-state index in [0.29, 0.717) is 17.7 Å². The van der Waals surface area contributed by atoms with Crippen molar-refractivity contribution in [3.05, 3.63) is 35.4 Å². The topological polar surface area (TPSA) is 26.0 Å². The van der Waals surface area contributed by atoms with Gasteiger partial charge in [0.2, 0.25) is 0 Å². The molecule has 88 valence electrons. The number of benzene rings is 1. The van der Waals surface area contributed by atoms with E-state index in [1.165, 1.54) is 6.07 Å². The highest BCUT2D eigenvalue weighted by molar-refractivity contribution is 5.75. The van der Waals surface area contributed by atoms with Crippen molar-refractivity contribution in [3.8, 4) is 0 Å². The first-order valence-electron chi connectivity index (χ1n) is 5.02. The van der Waals surface area contributed by atoms with Crippen molar-refractivity contribution in [1.82, 2.24) is 0 Å². The lowest BCUT2D eigenvalue weighted by Crippen LogP contribution is -2.06. The summed E-state index contributed by atoms with van der Waals surface area (Å²) < 4.78 is 37.5. The second kappa shape index (κ2) is 4.60. The number of alkyl halides is 3. The zero-order valence-electron chi connectivity index (χ0n) is 9.23. The maximum atomic E-state index is 12.5. The summed E-state index contributed by atoms with van der Waals surface area (Å²) in [6, 6.07) is 3.41. The van der Waals surface area contributed by atoms with E-state index in [0.717, 1.165) is 17.7 Å². The summed E-state index contributed by atoms with van der Waals surface area (Å²) in [5.41, 5.74) is 6.69. The Balaban J connectivity index is 3.29. The molecular weight excluding hydrogens is 215 g/mol. The Morgan fingerprint density at radius 2 is 2.00 bits per heavy atom. The minimum atomic E-state index is -4.32. The molecule has 0 spiro atoms. The van der Waals surface area contributed by atoms with Gasteiger partial charge in [-0.3, -0.25) is 0 Å². The van der Waals surface area contributed by atoms with Crippen LogP contribution in [0.25, 0.3) is 5.57 Å². The highest BCUT2D eigenvalue weighted by Gasteiger charge is 2.30. The van der Waals surface area contributed by atoms with E-state index in [-0.39, 0.29) is 0 Å². The maximum Gasteiger partial charge on any atom is 0.416 e. The fraction of sp³-hybridized carbons (Fsp3) is 0.333. The lowest BCUT2D eigenvalue weighted by atomic mass is 9.99. The van der Waals surface area contributed by atoms with Gasteiger partial charge in [0.25, 0.3) is 0 Å². The van der Waals surface area contributed by atoms with E-state index in [1.54, 1.807) is 13.0 Å². The van der Waals surface area contributed by atoms with E-state index >= 15 is 0 Å². The van der Waals surface area contributed by atoms with E-state index in [2.05, 4.69) is 0 Å². The molecule has 0 aliphatic rings. The molecule has 0 aliphatic carbocycles. The van der Waals surface area contributed by atoms with E-state index in [1.807, 2.05) is 6.92 Å². The van der Waals surface area contributed by atoms with Crippen molar-refractivity contribution in [2.75, 3.05) is 5.73 Å². The molecule has 0 bridgehead atoms. The number of hydrogen-bond donors (Lipinski definition) is 1. The quantitative estimate of drug-likeness (QED) is 0.759. The fourth-order valence-corrected chi connectivity index (χ4v) is 1.56. The summed E-state index contributed by atoms with van der Waals surface area (Å²) >= 11 is 0. The van der Waals surface area contributed by atoms with Gasteiger partial charge in [-0.25, -0.2) is 0 Å². The van der Waals surface area contributed by atoms with Gasteiger partial charge in [-0.2, -0.15) is 13.2 Å². The molecule has 1 rings (SSSR count). The Morgan fingerprint density at radius 3 is 2.44 bits per heavy atom. The summed E-state index contributed by atoms with van der Waals surface area (Å²) in [5, 5.41) is 0. The third-order valence-corrected chi connectivity index (χ3v) is 2.46. The number of anilines is 1. The highest BCUT2D eigenvalue weighted by atomic mass is 19.4. The van der Waals surface area contributed by atoms with Gasteiger partial charge >= 0.3 is 6.18 Å². The predicted molar refractivity (Wildman–Crippen MR) is 59.8 cm³/mol. The molecule has 4 heteroatoms. The van der Waals surface area contributed by atoms with Crippen molar-refractivity contribution in [2.24, 2.45) is 0 Å². The SMILES string of the molecule is C/C=C(\CC)c1cc(C(F)(F)F)ccc1N. The summed E-state index contributed by atoms with van der Waals surface area (Å²) in [6.45, 7) is 3.67. The molecule has 0 unspecified atom stereocenters. The normalized spacial score (nSPS) is 12.9. The van der Waals surface area contributed by atoms with Crippen LogP contribution in [0.5, 0.6) is 0 Å². The van der Waals surface area contributed by atoms with Crippen molar-refractivity contribution in [2.45, 2.75) is 26.4 Å². The Labute approximate surface area is 92.8 Å². The van der Waals surface area contributed by atoms with Gasteiger partial charge in [0.1, 0.15) is 0 Å². The summed E-state index contributed by atoms with van der Waals surface area (Å²) in [4.78, 5) is 0. The molecule has 0 amide bonds. The van der Waals surface area contributed by atoms with Crippen molar-refractivity contribution < 1.29 is 13.2 Å². The molecule has 0 atom stereocenters. The lowest BCUT2D eigenvalue weighted by Gasteiger charge is -2.12. The second-order valence-corrected chi connectivity index (χ2v) is 3.47. The minimum Gasteiger partial charge on any atom is -0.398 e. The number of halogens is 3. The first-order valence-corrected chi connectivity index (χ1v) is 5.02. The summed E-state index contributed by atoms with van der Waals surface area (Å²) in [6.07, 6.45) is -1.89. The third kappa shape index (κ3) is 2.56. The van der Waals surface area contributed by atoms with Crippen LogP contribution in [0.3, 0.4) is 0 Å². The van der Waals surface area contributed by atoms with Gasteiger partial charge < -0.3 is 5.73 Å². The average Bonchev–Trinajstić information content (AvgIpc) is 2.20. The number of rotatable bonds is 2. The molecule has 16 heavy (non-hydrogen) atoms. The fourth-order valence-electron chi connectivity index (χ4n) is 1.56. The summed E-state index contributed by atoms with van der Waals surface area (Å²) in [5.74, 6) is 0. The number of allylic oxidation sites excluding steroid dienone is 2. The monoisotopic (exact) mass is 229 g/mol. The maximum absolute atomic E-state index is 12.5. The minimum absolute atomic E-state index is 0.378. The standard InChI is InChI=1S/C12H14F3N/c1-3-8(4-2)10-7-9(12(13,14)15)5-6-11(10)16/h3,5-7H,4,16H2,1-2H3/b8-3+. The van der Waals surface area contributed by atoms with Crippen LogP contribution < -0.4 is 5.73 Å². The zero-order valence-corrected chi connectivity index (χ0v) is 9.23. The molecule has 1 nitrogen and oxygen atoms in total. The molecule has 0 aliphatic heterocycles. The Kier molecular flexibility index (Phi) is 3.62. The van der Waals surface area contributed by atoms with Crippen LogP contribution in [0.1, 0.15) is 31.4 Å². The number of hydrogen-bond acceptors (Lipinski definition) is 1. The lowest BCUT2D eigenvalue weighted by molar-refractivity contribution is -0.137. The van der Waals surface area contributed by atoms with Crippen molar-refractivity contribution >= 4 is 11.3 Å². The van der Waals surface area contributed by atoms with Crippen LogP contribution in [0, 0.1) is 0 Å². The Morgan fingerprint density at radius 1 is 1.38 bits per heavy atom. The van der Waals surface area contributed by atoms with Crippen molar-refractivity contribution in [1.29, 1.82) is 0 Å². The molecule has 0 saturated heterocycles. The van der Waals surface area contributed by atoms with Crippen molar-refractivity contribution in [3.63, 3.8) is 0 Å². The molecule has 0 fully saturated rings. The predicted octanol–water partition coefficient (Wildman–Crippen LogP) is 4.10. The van der Waals surface area contributed by atoms with Crippen LogP contribution >= 0.6 is 0 Å². The number of nitrogens with two attached hydrogens (primary N) is 1. The van der Waals surface area contributed by atoms with Gasteiger partial charge in [0.05, 0.1) is 5.56 Å². The first kappa shape index (κ1) is 12.6. The molecule has 0 saturated carbocycles. The Hall–Kier alpha value is -1.45. The van der Waals surface area contributed by atoms with Gasteiger partial charge in [-0.05, 0) is 37.1 Å².